The van der Waals surface area contributed by atoms with Crippen molar-refractivity contribution in [3.8, 4) is 0 Å². The van der Waals surface area contributed by atoms with E-state index in [9.17, 15) is 0 Å². The SMILES string of the molecule is Cc1ccc(N/N=C\c2ccccn2)cc1. The summed E-state index contributed by atoms with van der Waals surface area (Å²) in [6.07, 6.45) is 3.44. The van der Waals surface area contributed by atoms with Crippen molar-refractivity contribution in [3.05, 3.63) is 59.9 Å². The van der Waals surface area contributed by atoms with Crippen LogP contribution in [0, 0.1) is 6.92 Å². The molecule has 0 saturated carbocycles. The molecule has 1 N–H and O–H groups in total. The van der Waals surface area contributed by atoms with Crippen molar-refractivity contribution in [1.82, 2.24) is 4.98 Å². The van der Waals surface area contributed by atoms with Crippen LogP contribution in [-0.2, 0) is 0 Å². The zero-order valence-electron chi connectivity index (χ0n) is 9.09. The lowest BCUT2D eigenvalue weighted by Gasteiger charge is -1.99. The van der Waals surface area contributed by atoms with Gasteiger partial charge in [0.25, 0.3) is 0 Å². The van der Waals surface area contributed by atoms with Crippen LogP contribution in [0.25, 0.3) is 0 Å². The third kappa shape index (κ3) is 2.92. The van der Waals surface area contributed by atoms with Gasteiger partial charge in [-0.15, -0.1) is 0 Å². The fraction of sp³-hybridized carbons (Fsp3) is 0.0769. The summed E-state index contributed by atoms with van der Waals surface area (Å²) in [4.78, 5) is 4.13. The Labute approximate surface area is 94.9 Å². The number of nitrogens with one attached hydrogen (secondary N) is 1. The topological polar surface area (TPSA) is 37.3 Å². The van der Waals surface area contributed by atoms with E-state index in [0.29, 0.717) is 0 Å². The zero-order valence-corrected chi connectivity index (χ0v) is 9.09. The van der Waals surface area contributed by atoms with E-state index in [1.165, 1.54) is 5.56 Å². The first kappa shape index (κ1) is 10.4. The number of hydrazone groups is 1. The number of benzene rings is 1. The third-order valence-electron chi connectivity index (χ3n) is 2.13. The molecule has 2 rings (SSSR count). The van der Waals surface area contributed by atoms with Crippen molar-refractivity contribution < 1.29 is 0 Å². The maximum atomic E-state index is 4.13. The predicted octanol–water partition coefficient (Wildman–Crippen LogP) is 2.84. The minimum Gasteiger partial charge on any atom is -0.278 e. The summed E-state index contributed by atoms with van der Waals surface area (Å²) in [6, 6.07) is 13.8. The highest BCUT2D eigenvalue weighted by molar-refractivity contribution is 5.77. The van der Waals surface area contributed by atoms with Gasteiger partial charge in [-0.25, -0.2) is 0 Å². The maximum Gasteiger partial charge on any atom is 0.0830 e. The largest absolute Gasteiger partial charge is 0.278 e. The van der Waals surface area contributed by atoms with E-state index in [1.807, 2.05) is 42.5 Å². The Bertz CT molecular complexity index is 460. The number of aromatic nitrogens is 1. The zero-order chi connectivity index (χ0) is 11.2. The Morgan fingerprint density at radius 3 is 2.62 bits per heavy atom. The van der Waals surface area contributed by atoms with E-state index in [-0.39, 0.29) is 0 Å². The van der Waals surface area contributed by atoms with Crippen LogP contribution in [0.15, 0.2) is 53.8 Å². The number of anilines is 1. The van der Waals surface area contributed by atoms with Crippen molar-refractivity contribution in [1.29, 1.82) is 0 Å². The fourth-order valence-electron chi connectivity index (χ4n) is 1.25. The summed E-state index contributed by atoms with van der Waals surface area (Å²) in [5, 5.41) is 4.10. The van der Waals surface area contributed by atoms with E-state index in [1.54, 1.807) is 12.4 Å². The highest BCUT2D eigenvalue weighted by Gasteiger charge is 1.88. The number of rotatable bonds is 3. The van der Waals surface area contributed by atoms with Gasteiger partial charge in [0.05, 0.1) is 17.6 Å². The Kier molecular flexibility index (Phi) is 3.28. The molecule has 0 amide bonds. The van der Waals surface area contributed by atoms with Crippen molar-refractivity contribution in [2.24, 2.45) is 5.10 Å². The van der Waals surface area contributed by atoms with Gasteiger partial charge in [-0.05, 0) is 31.2 Å². The average molecular weight is 211 g/mol. The van der Waals surface area contributed by atoms with Gasteiger partial charge < -0.3 is 0 Å². The second-order valence-electron chi connectivity index (χ2n) is 3.49. The molecule has 16 heavy (non-hydrogen) atoms. The molecule has 0 aliphatic carbocycles. The first-order valence-electron chi connectivity index (χ1n) is 5.11. The first-order valence-corrected chi connectivity index (χ1v) is 5.11. The average Bonchev–Trinajstić information content (AvgIpc) is 2.33. The second-order valence-corrected chi connectivity index (χ2v) is 3.49. The summed E-state index contributed by atoms with van der Waals surface area (Å²) in [6.45, 7) is 2.06. The van der Waals surface area contributed by atoms with Gasteiger partial charge >= 0.3 is 0 Å². The lowest BCUT2D eigenvalue weighted by atomic mass is 10.2. The lowest BCUT2D eigenvalue weighted by Crippen LogP contribution is -1.91. The minimum absolute atomic E-state index is 0.835. The summed E-state index contributed by atoms with van der Waals surface area (Å²) in [7, 11) is 0. The van der Waals surface area contributed by atoms with Gasteiger partial charge in [0.1, 0.15) is 0 Å². The monoisotopic (exact) mass is 211 g/mol. The number of pyridine rings is 1. The quantitative estimate of drug-likeness (QED) is 0.626. The van der Waals surface area contributed by atoms with Gasteiger partial charge in [-0.1, -0.05) is 23.8 Å². The normalized spacial score (nSPS) is 10.6. The Morgan fingerprint density at radius 2 is 1.94 bits per heavy atom. The second kappa shape index (κ2) is 5.07. The van der Waals surface area contributed by atoms with Crippen LogP contribution < -0.4 is 5.43 Å². The molecule has 1 aromatic heterocycles. The van der Waals surface area contributed by atoms with Crippen LogP contribution >= 0.6 is 0 Å². The molecule has 0 unspecified atom stereocenters. The van der Waals surface area contributed by atoms with Crippen LogP contribution in [-0.4, -0.2) is 11.2 Å². The van der Waals surface area contributed by atoms with Gasteiger partial charge in [-0.3, -0.25) is 10.4 Å². The van der Waals surface area contributed by atoms with Gasteiger partial charge in [0, 0.05) is 6.20 Å². The fourth-order valence-corrected chi connectivity index (χ4v) is 1.25. The Hall–Kier alpha value is -2.16. The molecular weight excluding hydrogens is 198 g/mol. The molecule has 0 atom stereocenters. The van der Waals surface area contributed by atoms with Crippen molar-refractivity contribution in [3.63, 3.8) is 0 Å². The molecule has 0 saturated heterocycles. The third-order valence-corrected chi connectivity index (χ3v) is 2.13. The van der Waals surface area contributed by atoms with Gasteiger partial charge in [-0.2, -0.15) is 5.10 Å². The van der Waals surface area contributed by atoms with Crippen LogP contribution in [0.5, 0.6) is 0 Å². The van der Waals surface area contributed by atoms with Gasteiger partial charge in [0.15, 0.2) is 0 Å². The van der Waals surface area contributed by atoms with Crippen molar-refractivity contribution in [2.45, 2.75) is 6.92 Å². The molecule has 2 aromatic rings. The van der Waals surface area contributed by atoms with Crippen LogP contribution in [0.4, 0.5) is 5.69 Å². The van der Waals surface area contributed by atoms with E-state index in [2.05, 4.69) is 22.4 Å². The Balaban J connectivity index is 1.97. The number of nitrogens with zero attached hydrogens (tertiary/aromatic N) is 2. The summed E-state index contributed by atoms with van der Waals surface area (Å²) >= 11 is 0. The number of hydrogen-bond acceptors (Lipinski definition) is 3. The summed E-state index contributed by atoms with van der Waals surface area (Å²) in [5.74, 6) is 0. The number of hydrogen-bond donors (Lipinski definition) is 1. The minimum atomic E-state index is 0.835. The van der Waals surface area contributed by atoms with Crippen LogP contribution in [0.2, 0.25) is 0 Å². The van der Waals surface area contributed by atoms with Crippen LogP contribution in [0.3, 0.4) is 0 Å². The smallest absolute Gasteiger partial charge is 0.0830 e. The molecule has 3 heteroatoms. The van der Waals surface area contributed by atoms with Crippen LogP contribution in [0.1, 0.15) is 11.3 Å². The molecule has 1 heterocycles. The van der Waals surface area contributed by atoms with E-state index >= 15 is 0 Å². The molecule has 80 valence electrons. The van der Waals surface area contributed by atoms with E-state index in [0.717, 1.165) is 11.4 Å². The molecule has 0 aliphatic rings. The molecule has 0 bridgehead atoms. The predicted molar refractivity (Wildman–Crippen MR) is 66.6 cm³/mol. The highest BCUT2D eigenvalue weighted by atomic mass is 15.3. The Morgan fingerprint density at radius 1 is 1.12 bits per heavy atom. The molecular formula is C13H13N3. The maximum absolute atomic E-state index is 4.13. The first-order chi connectivity index (χ1) is 7.84. The molecule has 0 fully saturated rings. The van der Waals surface area contributed by atoms with E-state index < -0.39 is 0 Å². The summed E-state index contributed by atoms with van der Waals surface area (Å²) < 4.78 is 0. The molecule has 1 aromatic carbocycles. The molecule has 0 spiro atoms. The van der Waals surface area contributed by atoms with Crippen molar-refractivity contribution >= 4 is 11.9 Å². The molecule has 3 nitrogen and oxygen atoms in total. The molecule has 0 radical (unpaired) electrons. The lowest BCUT2D eigenvalue weighted by molar-refractivity contribution is 1.28. The standard InChI is InChI=1S/C13H13N3/c1-11-5-7-12(8-6-11)16-15-10-13-4-2-3-9-14-13/h2-10,16H,1H3/b15-10-. The number of aryl methyl sites for hydroxylation is 1. The van der Waals surface area contributed by atoms with Gasteiger partial charge in [0.2, 0.25) is 0 Å². The van der Waals surface area contributed by atoms with E-state index in [4.69, 9.17) is 0 Å². The van der Waals surface area contributed by atoms with Crippen molar-refractivity contribution in [2.75, 3.05) is 5.43 Å². The highest BCUT2D eigenvalue weighted by Crippen LogP contribution is 2.07. The summed E-state index contributed by atoms with van der Waals surface area (Å²) in [5.41, 5.74) is 5.99. The molecule has 0 aliphatic heterocycles.